The van der Waals surface area contributed by atoms with Crippen LogP contribution in [0.2, 0.25) is 0 Å². The van der Waals surface area contributed by atoms with Crippen molar-refractivity contribution in [1.29, 1.82) is 0 Å². The van der Waals surface area contributed by atoms with Gasteiger partial charge in [-0.1, -0.05) is 19.8 Å². The second-order valence-electron chi connectivity index (χ2n) is 5.94. The van der Waals surface area contributed by atoms with Crippen LogP contribution < -0.4 is 5.73 Å². The van der Waals surface area contributed by atoms with E-state index in [2.05, 4.69) is 20.8 Å². The highest BCUT2D eigenvalue weighted by Crippen LogP contribution is 2.36. The van der Waals surface area contributed by atoms with Gasteiger partial charge in [-0.05, 0) is 45.4 Å². The lowest BCUT2D eigenvalue weighted by atomic mass is 9.79. The van der Waals surface area contributed by atoms with Gasteiger partial charge in [-0.15, -0.1) is 0 Å². The van der Waals surface area contributed by atoms with Crippen molar-refractivity contribution in [3.8, 4) is 0 Å². The molecule has 3 nitrogen and oxygen atoms in total. The molecule has 0 spiro atoms. The number of nitrogens with zero attached hydrogens (tertiary/aromatic N) is 2. The summed E-state index contributed by atoms with van der Waals surface area (Å²) in [7, 11) is 0. The van der Waals surface area contributed by atoms with Gasteiger partial charge in [0.25, 0.3) is 0 Å². The highest BCUT2D eigenvalue weighted by molar-refractivity contribution is 5.24. The molecule has 19 heavy (non-hydrogen) atoms. The molecule has 1 aliphatic rings. The van der Waals surface area contributed by atoms with Gasteiger partial charge in [0.2, 0.25) is 0 Å². The number of aromatic nitrogens is 2. The van der Waals surface area contributed by atoms with Crippen LogP contribution in [0.3, 0.4) is 0 Å². The van der Waals surface area contributed by atoms with Crippen LogP contribution in [0.15, 0.2) is 0 Å². The van der Waals surface area contributed by atoms with Gasteiger partial charge in [-0.3, -0.25) is 0 Å². The standard InChI is InChI=1S/C16H27N3/c1-4-5-13-6-8-14(9-7-13)16-18-11(2)15(10-17)12(3)19-16/h13-14H,4-10,17H2,1-3H3. The zero-order chi connectivity index (χ0) is 13.8. The molecule has 1 aromatic rings. The smallest absolute Gasteiger partial charge is 0.131 e. The first-order valence-corrected chi connectivity index (χ1v) is 7.69. The third kappa shape index (κ3) is 3.33. The molecule has 0 saturated heterocycles. The summed E-state index contributed by atoms with van der Waals surface area (Å²) in [5.41, 5.74) is 9.01. The monoisotopic (exact) mass is 261 g/mol. The second-order valence-corrected chi connectivity index (χ2v) is 5.94. The molecule has 0 atom stereocenters. The lowest BCUT2D eigenvalue weighted by Gasteiger charge is -2.28. The summed E-state index contributed by atoms with van der Waals surface area (Å²) in [6.45, 7) is 6.95. The van der Waals surface area contributed by atoms with E-state index in [4.69, 9.17) is 15.7 Å². The van der Waals surface area contributed by atoms with Crippen molar-refractivity contribution in [3.63, 3.8) is 0 Å². The Labute approximate surface area is 117 Å². The number of hydrogen-bond acceptors (Lipinski definition) is 3. The molecule has 0 amide bonds. The fraction of sp³-hybridized carbons (Fsp3) is 0.750. The van der Waals surface area contributed by atoms with Crippen molar-refractivity contribution in [1.82, 2.24) is 9.97 Å². The summed E-state index contributed by atoms with van der Waals surface area (Å²) < 4.78 is 0. The third-order valence-electron chi connectivity index (χ3n) is 4.55. The van der Waals surface area contributed by atoms with Gasteiger partial charge in [0.05, 0.1) is 0 Å². The van der Waals surface area contributed by atoms with Crippen LogP contribution >= 0.6 is 0 Å². The maximum atomic E-state index is 5.75. The normalized spacial score (nSPS) is 23.6. The first-order chi connectivity index (χ1) is 9.15. The Bertz CT molecular complexity index is 397. The Morgan fingerprint density at radius 3 is 2.11 bits per heavy atom. The zero-order valence-electron chi connectivity index (χ0n) is 12.6. The van der Waals surface area contributed by atoms with E-state index in [1.165, 1.54) is 38.5 Å². The fourth-order valence-electron chi connectivity index (χ4n) is 3.36. The van der Waals surface area contributed by atoms with Crippen LogP contribution in [0, 0.1) is 19.8 Å². The van der Waals surface area contributed by atoms with E-state index in [0.29, 0.717) is 12.5 Å². The first kappa shape index (κ1) is 14.4. The van der Waals surface area contributed by atoms with Crippen molar-refractivity contribution in [2.45, 2.75) is 71.8 Å². The molecule has 1 fully saturated rings. The summed E-state index contributed by atoms with van der Waals surface area (Å²) in [6.07, 6.45) is 7.90. The van der Waals surface area contributed by atoms with Gasteiger partial charge in [0, 0.05) is 29.4 Å². The predicted octanol–water partition coefficient (Wildman–Crippen LogP) is 3.63. The van der Waals surface area contributed by atoms with Crippen molar-refractivity contribution in [2.24, 2.45) is 11.7 Å². The van der Waals surface area contributed by atoms with Crippen LogP contribution in [0.25, 0.3) is 0 Å². The topological polar surface area (TPSA) is 51.8 Å². The molecule has 1 aromatic heterocycles. The van der Waals surface area contributed by atoms with Crippen LogP contribution in [0.4, 0.5) is 0 Å². The molecule has 1 heterocycles. The molecule has 3 heteroatoms. The van der Waals surface area contributed by atoms with Gasteiger partial charge in [0.1, 0.15) is 5.82 Å². The fourth-order valence-corrected chi connectivity index (χ4v) is 3.36. The summed E-state index contributed by atoms with van der Waals surface area (Å²) in [5, 5.41) is 0. The zero-order valence-corrected chi connectivity index (χ0v) is 12.6. The van der Waals surface area contributed by atoms with Gasteiger partial charge >= 0.3 is 0 Å². The average Bonchev–Trinajstić information content (AvgIpc) is 2.39. The van der Waals surface area contributed by atoms with Gasteiger partial charge < -0.3 is 5.73 Å². The Kier molecular flexibility index (Phi) is 4.92. The van der Waals surface area contributed by atoms with Crippen LogP contribution in [0.1, 0.15) is 74.1 Å². The summed E-state index contributed by atoms with van der Waals surface area (Å²) in [4.78, 5) is 9.42. The number of hydrogen-bond donors (Lipinski definition) is 1. The molecule has 2 rings (SSSR count). The highest BCUT2D eigenvalue weighted by Gasteiger charge is 2.24. The molecule has 0 aromatic carbocycles. The maximum Gasteiger partial charge on any atom is 0.131 e. The molecular formula is C16H27N3. The Morgan fingerprint density at radius 1 is 1.05 bits per heavy atom. The van der Waals surface area contributed by atoms with E-state index in [9.17, 15) is 0 Å². The van der Waals surface area contributed by atoms with E-state index < -0.39 is 0 Å². The Hall–Kier alpha value is -0.960. The average molecular weight is 261 g/mol. The highest BCUT2D eigenvalue weighted by atomic mass is 14.9. The number of aryl methyl sites for hydroxylation is 2. The second kappa shape index (κ2) is 6.47. The molecule has 0 bridgehead atoms. The summed E-state index contributed by atoms with van der Waals surface area (Å²) >= 11 is 0. The van der Waals surface area contributed by atoms with Crippen molar-refractivity contribution >= 4 is 0 Å². The SMILES string of the molecule is CCCC1CCC(c2nc(C)c(CN)c(C)n2)CC1. The van der Waals surface area contributed by atoms with Gasteiger partial charge in [-0.25, -0.2) is 9.97 Å². The van der Waals surface area contributed by atoms with E-state index >= 15 is 0 Å². The predicted molar refractivity (Wildman–Crippen MR) is 79.0 cm³/mol. The van der Waals surface area contributed by atoms with Gasteiger partial charge in [0.15, 0.2) is 0 Å². The largest absolute Gasteiger partial charge is 0.326 e. The van der Waals surface area contributed by atoms with E-state index in [0.717, 1.165) is 28.7 Å². The van der Waals surface area contributed by atoms with Crippen molar-refractivity contribution < 1.29 is 0 Å². The minimum absolute atomic E-state index is 0.543. The van der Waals surface area contributed by atoms with E-state index in [1.54, 1.807) is 0 Å². The van der Waals surface area contributed by atoms with E-state index in [1.807, 2.05) is 0 Å². The van der Waals surface area contributed by atoms with Crippen molar-refractivity contribution in [2.75, 3.05) is 0 Å². The van der Waals surface area contributed by atoms with Crippen LogP contribution in [-0.2, 0) is 6.54 Å². The third-order valence-corrected chi connectivity index (χ3v) is 4.55. The lowest BCUT2D eigenvalue weighted by Crippen LogP contribution is -2.17. The van der Waals surface area contributed by atoms with Gasteiger partial charge in [-0.2, -0.15) is 0 Å². The van der Waals surface area contributed by atoms with Crippen LogP contribution in [0.5, 0.6) is 0 Å². The van der Waals surface area contributed by atoms with Crippen LogP contribution in [-0.4, -0.2) is 9.97 Å². The first-order valence-electron chi connectivity index (χ1n) is 7.69. The molecule has 0 aliphatic heterocycles. The lowest BCUT2D eigenvalue weighted by molar-refractivity contribution is 0.302. The summed E-state index contributed by atoms with van der Waals surface area (Å²) in [5.74, 6) is 2.56. The molecule has 1 saturated carbocycles. The molecule has 0 unspecified atom stereocenters. The minimum atomic E-state index is 0.543. The Morgan fingerprint density at radius 2 is 1.63 bits per heavy atom. The molecule has 2 N–H and O–H groups in total. The van der Waals surface area contributed by atoms with E-state index in [-0.39, 0.29) is 0 Å². The maximum absolute atomic E-state index is 5.75. The minimum Gasteiger partial charge on any atom is -0.326 e. The molecule has 106 valence electrons. The molecule has 0 radical (unpaired) electrons. The Balaban J connectivity index is 2.07. The number of nitrogens with two attached hydrogens (primary N) is 1. The molecule has 1 aliphatic carbocycles. The van der Waals surface area contributed by atoms with Crippen molar-refractivity contribution in [3.05, 3.63) is 22.8 Å². The number of rotatable bonds is 4. The summed E-state index contributed by atoms with van der Waals surface area (Å²) in [6, 6.07) is 0. The quantitative estimate of drug-likeness (QED) is 0.900. The molecular weight excluding hydrogens is 234 g/mol.